The van der Waals surface area contributed by atoms with Gasteiger partial charge in [-0.15, -0.1) is 12.4 Å². The number of halogens is 1. The minimum Gasteiger partial charge on any atom is -0.325 e. The standard InChI is InChI=1S/C15H23N3O.ClH/c1-11-4-5-14(12(2)8-11)17-15(19)10-18-7-6-16-9-13(18)3;/h4-5,8,13,16H,6-7,9-10H2,1-3H3,(H,17,19);1H/t13-;/m1./s1. The molecular formula is C15H24ClN3O. The molecule has 0 aromatic heterocycles. The SMILES string of the molecule is Cc1ccc(NC(=O)CN2CCNC[C@H]2C)c(C)c1.Cl. The highest BCUT2D eigenvalue weighted by Gasteiger charge is 2.20. The summed E-state index contributed by atoms with van der Waals surface area (Å²) in [5.41, 5.74) is 3.24. The largest absolute Gasteiger partial charge is 0.325 e. The summed E-state index contributed by atoms with van der Waals surface area (Å²) in [5.74, 6) is 0.0701. The molecule has 2 N–H and O–H groups in total. The maximum atomic E-state index is 12.1. The Morgan fingerprint density at radius 1 is 1.45 bits per heavy atom. The van der Waals surface area contributed by atoms with Crippen LogP contribution in [0.25, 0.3) is 0 Å². The van der Waals surface area contributed by atoms with Crippen LogP contribution in [0.3, 0.4) is 0 Å². The number of piperazine rings is 1. The zero-order valence-electron chi connectivity index (χ0n) is 12.4. The Balaban J connectivity index is 0.00000200. The molecule has 20 heavy (non-hydrogen) atoms. The number of carbonyl (C=O) groups is 1. The third kappa shape index (κ3) is 4.47. The molecule has 1 amide bonds. The lowest BCUT2D eigenvalue weighted by molar-refractivity contribution is -0.118. The van der Waals surface area contributed by atoms with Gasteiger partial charge in [0.2, 0.25) is 5.91 Å². The first-order chi connectivity index (χ1) is 9.06. The number of nitrogens with zero attached hydrogens (tertiary/aromatic N) is 1. The highest BCUT2D eigenvalue weighted by Crippen LogP contribution is 2.16. The molecular weight excluding hydrogens is 274 g/mol. The Hall–Kier alpha value is -1.10. The maximum Gasteiger partial charge on any atom is 0.238 e. The van der Waals surface area contributed by atoms with Gasteiger partial charge in [0, 0.05) is 31.4 Å². The Morgan fingerprint density at radius 2 is 2.20 bits per heavy atom. The van der Waals surface area contributed by atoms with E-state index in [-0.39, 0.29) is 18.3 Å². The molecule has 1 aromatic carbocycles. The van der Waals surface area contributed by atoms with Crippen LogP contribution in [0.2, 0.25) is 0 Å². The smallest absolute Gasteiger partial charge is 0.238 e. The van der Waals surface area contributed by atoms with Crippen molar-refractivity contribution >= 4 is 24.0 Å². The van der Waals surface area contributed by atoms with Gasteiger partial charge in [0.25, 0.3) is 0 Å². The number of hydrogen-bond acceptors (Lipinski definition) is 3. The van der Waals surface area contributed by atoms with Gasteiger partial charge in [-0.2, -0.15) is 0 Å². The van der Waals surface area contributed by atoms with Crippen molar-refractivity contribution in [3.8, 4) is 0 Å². The normalized spacial score (nSPS) is 19.2. The van der Waals surface area contributed by atoms with Crippen LogP contribution in [0.15, 0.2) is 18.2 Å². The van der Waals surface area contributed by atoms with Crippen LogP contribution in [0.4, 0.5) is 5.69 Å². The van der Waals surface area contributed by atoms with E-state index in [0.717, 1.165) is 30.9 Å². The van der Waals surface area contributed by atoms with Gasteiger partial charge in [0.1, 0.15) is 0 Å². The fourth-order valence-electron chi connectivity index (χ4n) is 2.45. The van der Waals surface area contributed by atoms with E-state index in [9.17, 15) is 4.79 Å². The number of anilines is 1. The van der Waals surface area contributed by atoms with E-state index >= 15 is 0 Å². The molecule has 0 aliphatic carbocycles. The summed E-state index contributed by atoms with van der Waals surface area (Å²) in [6.07, 6.45) is 0. The molecule has 1 fully saturated rings. The highest BCUT2D eigenvalue weighted by atomic mass is 35.5. The van der Waals surface area contributed by atoms with Crippen LogP contribution in [0.5, 0.6) is 0 Å². The van der Waals surface area contributed by atoms with Crippen LogP contribution in [-0.4, -0.2) is 43.0 Å². The van der Waals surface area contributed by atoms with Gasteiger partial charge in [-0.05, 0) is 32.4 Å². The molecule has 0 unspecified atom stereocenters. The van der Waals surface area contributed by atoms with Crippen molar-refractivity contribution < 1.29 is 4.79 Å². The first-order valence-electron chi connectivity index (χ1n) is 6.88. The second kappa shape index (κ2) is 7.62. The predicted octanol–water partition coefficient (Wildman–Crippen LogP) is 1.96. The van der Waals surface area contributed by atoms with Crippen LogP contribution in [0.1, 0.15) is 18.1 Å². The van der Waals surface area contributed by atoms with Crippen molar-refractivity contribution in [3.05, 3.63) is 29.3 Å². The van der Waals surface area contributed by atoms with Crippen LogP contribution < -0.4 is 10.6 Å². The highest BCUT2D eigenvalue weighted by molar-refractivity contribution is 5.93. The summed E-state index contributed by atoms with van der Waals surface area (Å²) in [7, 11) is 0. The molecule has 5 heteroatoms. The lowest BCUT2D eigenvalue weighted by atomic mass is 10.1. The molecule has 1 aliphatic rings. The first kappa shape index (κ1) is 17.0. The monoisotopic (exact) mass is 297 g/mol. The number of carbonyl (C=O) groups excluding carboxylic acids is 1. The lowest BCUT2D eigenvalue weighted by Gasteiger charge is -2.33. The number of amides is 1. The van der Waals surface area contributed by atoms with Gasteiger partial charge >= 0.3 is 0 Å². The third-order valence-electron chi connectivity index (χ3n) is 3.64. The van der Waals surface area contributed by atoms with E-state index < -0.39 is 0 Å². The molecule has 1 atom stereocenters. The summed E-state index contributed by atoms with van der Waals surface area (Å²) in [5, 5.41) is 6.33. The minimum atomic E-state index is 0. The molecule has 2 rings (SSSR count). The van der Waals surface area contributed by atoms with E-state index in [2.05, 4.69) is 35.4 Å². The summed E-state index contributed by atoms with van der Waals surface area (Å²) >= 11 is 0. The summed E-state index contributed by atoms with van der Waals surface area (Å²) in [4.78, 5) is 14.3. The van der Waals surface area contributed by atoms with Crippen molar-refractivity contribution in [3.63, 3.8) is 0 Å². The van der Waals surface area contributed by atoms with E-state index in [1.54, 1.807) is 0 Å². The van der Waals surface area contributed by atoms with Crippen LogP contribution in [0, 0.1) is 13.8 Å². The summed E-state index contributed by atoms with van der Waals surface area (Å²) in [6.45, 7) is 9.54. The summed E-state index contributed by atoms with van der Waals surface area (Å²) in [6, 6.07) is 6.50. The maximum absolute atomic E-state index is 12.1. The molecule has 0 radical (unpaired) electrons. The average Bonchev–Trinajstić information content (AvgIpc) is 2.36. The average molecular weight is 298 g/mol. The first-order valence-corrected chi connectivity index (χ1v) is 6.88. The molecule has 112 valence electrons. The third-order valence-corrected chi connectivity index (χ3v) is 3.64. The van der Waals surface area contributed by atoms with Crippen molar-refractivity contribution in [2.45, 2.75) is 26.8 Å². The second-order valence-electron chi connectivity index (χ2n) is 5.39. The van der Waals surface area contributed by atoms with Crippen LogP contribution >= 0.6 is 12.4 Å². The molecule has 0 saturated carbocycles. The molecule has 4 nitrogen and oxygen atoms in total. The van der Waals surface area contributed by atoms with Crippen molar-refractivity contribution in [1.29, 1.82) is 0 Å². The lowest BCUT2D eigenvalue weighted by Crippen LogP contribution is -2.52. The summed E-state index contributed by atoms with van der Waals surface area (Å²) < 4.78 is 0. The Labute approximate surface area is 127 Å². The second-order valence-corrected chi connectivity index (χ2v) is 5.39. The molecule has 0 bridgehead atoms. The molecule has 0 spiro atoms. The van der Waals surface area contributed by atoms with E-state index in [0.29, 0.717) is 12.6 Å². The van der Waals surface area contributed by atoms with Gasteiger partial charge in [-0.3, -0.25) is 9.69 Å². The van der Waals surface area contributed by atoms with Crippen LogP contribution in [-0.2, 0) is 4.79 Å². The van der Waals surface area contributed by atoms with Crippen molar-refractivity contribution in [1.82, 2.24) is 10.2 Å². The zero-order chi connectivity index (χ0) is 13.8. The van der Waals surface area contributed by atoms with E-state index in [1.807, 2.05) is 19.1 Å². The van der Waals surface area contributed by atoms with Crippen molar-refractivity contribution in [2.24, 2.45) is 0 Å². The predicted molar refractivity (Wildman–Crippen MR) is 85.7 cm³/mol. The Bertz CT molecular complexity index is 464. The topological polar surface area (TPSA) is 44.4 Å². The fraction of sp³-hybridized carbons (Fsp3) is 0.533. The molecule has 1 aromatic rings. The van der Waals surface area contributed by atoms with E-state index in [1.165, 1.54) is 5.56 Å². The van der Waals surface area contributed by atoms with Crippen molar-refractivity contribution in [2.75, 3.05) is 31.5 Å². The van der Waals surface area contributed by atoms with Gasteiger partial charge in [-0.25, -0.2) is 0 Å². The molecule has 1 heterocycles. The van der Waals surface area contributed by atoms with E-state index in [4.69, 9.17) is 0 Å². The van der Waals surface area contributed by atoms with Gasteiger partial charge < -0.3 is 10.6 Å². The quantitative estimate of drug-likeness (QED) is 0.896. The fourth-order valence-corrected chi connectivity index (χ4v) is 2.45. The number of aryl methyl sites for hydroxylation is 2. The number of rotatable bonds is 3. The molecule has 1 aliphatic heterocycles. The Morgan fingerprint density at radius 3 is 2.85 bits per heavy atom. The molecule has 1 saturated heterocycles. The minimum absolute atomic E-state index is 0. The number of nitrogens with one attached hydrogen (secondary N) is 2. The van der Waals surface area contributed by atoms with Gasteiger partial charge in [0.05, 0.1) is 6.54 Å². The van der Waals surface area contributed by atoms with Gasteiger partial charge in [-0.1, -0.05) is 17.7 Å². The number of hydrogen-bond donors (Lipinski definition) is 2. The van der Waals surface area contributed by atoms with Gasteiger partial charge in [0.15, 0.2) is 0 Å². The zero-order valence-corrected chi connectivity index (χ0v) is 13.2. The number of benzene rings is 1. The Kier molecular flexibility index (Phi) is 6.46.